The fourth-order valence-corrected chi connectivity index (χ4v) is 1.63. The van der Waals surface area contributed by atoms with Gasteiger partial charge in [0.25, 0.3) is 0 Å². The minimum absolute atomic E-state index is 0.0417. The van der Waals surface area contributed by atoms with Crippen molar-refractivity contribution in [3.8, 4) is 0 Å². The van der Waals surface area contributed by atoms with E-state index in [0.29, 0.717) is 6.04 Å². The van der Waals surface area contributed by atoms with Crippen molar-refractivity contribution in [1.82, 2.24) is 5.32 Å². The Kier molecular flexibility index (Phi) is 0.866. The smallest absolute Gasteiger partial charge is 0.0694 e. The van der Waals surface area contributed by atoms with E-state index in [1.54, 1.807) is 0 Å². The molecule has 3 rings (SSSR count). The highest BCUT2D eigenvalue weighted by molar-refractivity contribution is 4.98. The number of piperidine rings is 1. The van der Waals surface area contributed by atoms with Gasteiger partial charge >= 0.3 is 0 Å². The molecule has 2 heteroatoms. The van der Waals surface area contributed by atoms with Crippen molar-refractivity contribution < 1.29 is 5.11 Å². The van der Waals surface area contributed by atoms with Crippen molar-refractivity contribution in [1.29, 1.82) is 0 Å². The van der Waals surface area contributed by atoms with Gasteiger partial charge in [-0.05, 0) is 19.3 Å². The van der Waals surface area contributed by atoms with Crippen LogP contribution < -0.4 is 5.32 Å². The van der Waals surface area contributed by atoms with E-state index in [9.17, 15) is 0 Å². The maximum Gasteiger partial charge on any atom is 0.0694 e. The molecule has 2 aliphatic heterocycles. The summed E-state index contributed by atoms with van der Waals surface area (Å²) in [6, 6.07) is 1.21. The Morgan fingerprint density at radius 1 is 1.38 bits per heavy atom. The summed E-state index contributed by atoms with van der Waals surface area (Å²) in [5, 5.41) is 12.4. The van der Waals surface area contributed by atoms with Crippen LogP contribution in [-0.2, 0) is 0 Å². The zero-order valence-electron chi connectivity index (χ0n) is 4.80. The third kappa shape index (κ3) is 0.501. The lowest BCUT2D eigenvalue weighted by Gasteiger charge is -2.45. The molecule has 0 aromatic carbocycles. The van der Waals surface area contributed by atoms with Gasteiger partial charge in [0, 0.05) is 12.1 Å². The third-order valence-electron chi connectivity index (χ3n) is 2.26. The summed E-state index contributed by atoms with van der Waals surface area (Å²) in [5.74, 6) is 0. The Morgan fingerprint density at radius 3 is 2.38 bits per heavy atom. The summed E-state index contributed by atoms with van der Waals surface area (Å²) in [5.41, 5.74) is 0. The molecule has 1 saturated carbocycles. The molecule has 8 heavy (non-hydrogen) atoms. The topological polar surface area (TPSA) is 32.3 Å². The average molecular weight is 113 g/mol. The lowest BCUT2D eigenvalue weighted by atomic mass is 9.81. The number of aliphatic hydroxyl groups is 1. The van der Waals surface area contributed by atoms with Crippen molar-refractivity contribution in [2.45, 2.75) is 37.5 Å². The predicted molar refractivity (Wildman–Crippen MR) is 30.6 cm³/mol. The first-order valence-electron chi connectivity index (χ1n) is 3.30. The van der Waals surface area contributed by atoms with Crippen LogP contribution in [0.3, 0.4) is 0 Å². The van der Waals surface area contributed by atoms with Gasteiger partial charge < -0.3 is 10.4 Å². The number of hydrogen-bond acceptors (Lipinski definition) is 2. The molecule has 3 atom stereocenters. The molecule has 2 bridgehead atoms. The molecule has 3 unspecified atom stereocenters. The maximum absolute atomic E-state index is 9.15. The zero-order valence-corrected chi connectivity index (χ0v) is 4.80. The summed E-state index contributed by atoms with van der Waals surface area (Å²) < 4.78 is 0. The van der Waals surface area contributed by atoms with E-state index in [4.69, 9.17) is 5.11 Å². The Hall–Kier alpha value is -0.0800. The molecule has 3 fully saturated rings. The molecule has 2 nitrogen and oxygen atoms in total. The number of aliphatic hydroxyl groups excluding tert-OH is 1. The highest BCUT2D eigenvalue weighted by Gasteiger charge is 2.38. The van der Waals surface area contributed by atoms with Crippen molar-refractivity contribution in [3.05, 3.63) is 0 Å². The SMILES string of the molecule is OC1CCC2CC1N2. The molecule has 0 aromatic heterocycles. The second kappa shape index (κ2) is 1.45. The first-order chi connectivity index (χ1) is 3.86. The third-order valence-corrected chi connectivity index (χ3v) is 2.26. The monoisotopic (exact) mass is 113 g/mol. The predicted octanol–water partition coefficient (Wildman–Crippen LogP) is -0.128. The summed E-state index contributed by atoms with van der Waals surface area (Å²) in [7, 11) is 0. The Labute approximate surface area is 48.9 Å². The summed E-state index contributed by atoms with van der Waals surface area (Å²) in [4.78, 5) is 0. The number of fused-ring (bicyclic) bond motifs is 2. The Morgan fingerprint density at radius 2 is 2.12 bits per heavy atom. The highest BCUT2D eigenvalue weighted by Crippen LogP contribution is 2.27. The van der Waals surface area contributed by atoms with Gasteiger partial charge in [0.05, 0.1) is 6.10 Å². The van der Waals surface area contributed by atoms with Crippen molar-refractivity contribution in [3.63, 3.8) is 0 Å². The average Bonchev–Trinajstić information content (AvgIpc) is 1.62. The van der Waals surface area contributed by atoms with Gasteiger partial charge in [0.2, 0.25) is 0 Å². The molecule has 46 valence electrons. The number of rotatable bonds is 0. The van der Waals surface area contributed by atoms with Crippen LogP contribution >= 0.6 is 0 Å². The van der Waals surface area contributed by atoms with Gasteiger partial charge in [-0.3, -0.25) is 0 Å². The summed E-state index contributed by atoms with van der Waals surface area (Å²) in [6.45, 7) is 0. The van der Waals surface area contributed by atoms with E-state index >= 15 is 0 Å². The van der Waals surface area contributed by atoms with E-state index in [2.05, 4.69) is 5.32 Å². The van der Waals surface area contributed by atoms with Crippen LogP contribution in [-0.4, -0.2) is 23.3 Å². The summed E-state index contributed by atoms with van der Waals surface area (Å²) in [6.07, 6.45) is 3.36. The van der Waals surface area contributed by atoms with Gasteiger partial charge in [0.1, 0.15) is 0 Å². The summed E-state index contributed by atoms with van der Waals surface area (Å²) >= 11 is 0. The fraction of sp³-hybridized carbons (Fsp3) is 1.00. The van der Waals surface area contributed by atoms with Crippen LogP contribution in [0.4, 0.5) is 0 Å². The first kappa shape index (κ1) is 4.77. The van der Waals surface area contributed by atoms with E-state index in [0.717, 1.165) is 12.5 Å². The van der Waals surface area contributed by atoms with Crippen LogP contribution in [0.5, 0.6) is 0 Å². The first-order valence-corrected chi connectivity index (χ1v) is 3.30. The molecule has 2 saturated heterocycles. The van der Waals surface area contributed by atoms with Crippen LogP contribution in [0.15, 0.2) is 0 Å². The second-order valence-electron chi connectivity index (χ2n) is 2.85. The molecule has 3 aliphatic rings. The molecule has 0 amide bonds. The highest BCUT2D eigenvalue weighted by atomic mass is 16.3. The van der Waals surface area contributed by atoms with Gasteiger partial charge in [-0.1, -0.05) is 0 Å². The molecule has 2 N–H and O–H groups in total. The van der Waals surface area contributed by atoms with Crippen molar-refractivity contribution in [2.75, 3.05) is 0 Å². The van der Waals surface area contributed by atoms with Crippen LogP contribution in [0.1, 0.15) is 19.3 Å². The molecule has 0 radical (unpaired) electrons. The maximum atomic E-state index is 9.15. The standard InChI is InChI=1S/C6H11NO/c8-6-2-1-4-3-5(6)7-4/h4-8H,1-3H2. The molecule has 0 aromatic rings. The molecular weight excluding hydrogens is 102 g/mol. The number of hydrogen-bond donors (Lipinski definition) is 2. The van der Waals surface area contributed by atoms with E-state index in [1.807, 2.05) is 0 Å². The Bertz CT molecular complexity index is 93.2. The van der Waals surface area contributed by atoms with Crippen LogP contribution in [0.2, 0.25) is 0 Å². The minimum Gasteiger partial charge on any atom is -0.392 e. The fourth-order valence-electron chi connectivity index (χ4n) is 1.63. The van der Waals surface area contributed by atoms with Gasteiger partial charge in [-0.15, -0.1) is 0 Å². The Balaban J connectivity index is 2.01. The second-order valence-corrected chi connectivity index (χ2v) is 2.85. The zero-order chi connectivity index (χ0) is 5.56. The quantitative estimate of drug-likeness (QED) is 0.458. The van der Waals surface area contributed by atoms with Gasteiger partial charge in [0.15, 0.2) is 0 Å². The molecule has 0 spiro atoms. The number of nitrogens with one attached hydrogen (secondary N) is 1. The van der Waals surface area contributed by atoms with Crippen molar-refractivity contribution >= 4 is 0 Å². The lowest BCUT2D eigenvalue weighted by molar-refractivity contribution is 0.0178. The molecule has 2 heterocycles. The van der Waals surface area contributed by atoms with E-state index in [1.165, 1.54) is 12.8 Å². The van der Waals surface area contributed by atoms with Gasteiger partial charge in [-0.25, -0.2) is 0 Å². The molecule has 1 aliphatic carbocycles. The van der Waals surface area contributed by atoms with Crippen LogP contribution in [0.25, 0.3) is 0 Å². The van der Waals surface area contributed by atoms with E-state index in [-0.39, 0.29) is 6.10 Å². The lowest BCUT2D eigenvalue weighted by Crippen LogP contribution is -2.61. The van der Waals surface area contributed by atoms with E-state index < -0.39 is 0 Å². The largest absolute Gasteiger partial charge is 0.392 e. The van der Waals surface area contributed by atoms with Crippen LogP contribution in [0, 0.1) is 0 Å². The minimum atomic E-state index is -0.0417. The van der Waals surface area contributed by atoms with Crippen molar-refractivity contribution in [2.24, 2.45) is 0 Å². The molecular formula is C6H11NO. The normalized spacial score (nSPS) is 52.9. The van der Waals surface area contributed by atoms with Gasteiger partial charge in [-0.2, -0.15) is 0 Å².